The largest absolute Gasteiger partial charge is 0.416 e. The normalized spacial score (nSPS) is 14.0. The van der Waals surface area contributed by atoms with Crippen LogP contribution in [0.15, 0.2) is 78.5 Å². The van der Waals surface area contributed by atoms with E-state index in [1.165, 1.54) is 31.1 Å². The first-order chi connectivity index (χ1) is 17.5. The van der Waals surface area contributed by atoms with Gasteiger partial charge in [-0.2, -0.15) is 18.4 Å². The summed E-state index contributed by atoms with van der Waals surface area (Å²) in [7, 11) is 3.00. The Bertz CT molecular complexity index is 1440. The quantitative estimate of drug-likeness (QED) is 0.404. The van der Waals surface area contributed by atoms with Crippen LogP contribution >= 0.6 is 0 Å². The SMILES string of the molecule is CC1=C(c2ccccc2-c2ccc(C#N)cc2)CN(C(=O)N(C)C)C(=O)N1c1cccc(C(F)(F)F)c1. The number of benzene rings is 3. The Morgan fingerprint density at radius 2 is 1.62 bits per heavy atom. The number of imide groups is 1. The average molecular weight is 505 g/mol. The molecular formula is C28H23F3N4O2. The molecule has 0 unspecified atom stereocenters. The van der Waals surface area contributed by atoms with E-state index in [4.69, 9.17) is 5.26 Å². The van der Waals surface area contributed by atoms with E-state index in [1.807, 2.05) is 24.3 Å². The number of halogens is 3. The lowest BCUT2D eigenvalue weighted by Gasteiger charge is -2.38. The summed E-state index contributed by atoms with van der Waals surface area (Å²) in [6.07, 6.45) is -4.60. The molecule has 9 heteroatoms. The predicted molar refractivity (Wildman–Crippen MR) is 134 cm³/mol. The highest BCUT2D eigenvalue weighted by Gasteiger charge is 2.38. The summed E-state index contributed by atoms with van der Waals surface area (Å²) in [5.41, 5.74) is 2.92. The zero-order valence-electron chi connectivity index (χ0n) is 20.4. The van der Waals surface area contributed by atoms with Crippen molar-refractivity contribution in [2.45, 2.75) is 13.1 Å². The summed E-state index contributed by atoms with van der Waals surface area (Å²) in [4.78, 5) is 29.9. The second kappa shape index (κ2) is 9.82. The predicted octanol–water partition coefficient (Wildman–Crippen LogP) is 6.60. The van der Waals surface area contributed by atoms with Gasteiger partial charge < -0.3 is 4.90 Å². The molecule has 4 amide bonds. The van der Waals surface area contributed by atoms with Crippen LogP contribution in [0.3, 0.4) is 0 Å². The zero-order chi connectivity index (χ0) is 26.9. The van der Waals surface area contributed by atoms with Gasteiger partial charge in [0.15, 0.2) is 0 Å². The molecule has 188 valence electrons. The fourth-order valence-corrected chi connectivity index (χ4v) is 4.26. The number of anilines is 1. The van der Waals surface area contributed by atoms with Gasteiger partial charge in [-0.25, -0.2) is 14.5 Å². The molecule has 0 aromatic heterocycles. The van der Waals surface area contributed by atoms with Crippen LogP contribution in [-0.2, 0) is 6.18 Å². The molecule has 0 fully saturated rings. The lowest BCUT2D eigenvalue weighted by Crippen LogP contribution is -2.53. The lowest BCUT2D eigenvalue weighted by atomic mass is 9.91. The molecule has 0 aliphatic carbocycles. The van der Waals surface area contributed by atoms with Gasteiger partial charge >= 0.3 is 18.2 Å². The number of hydrogen-bond donors (Lipinski definition) is 0. The van der Waals surface area contributed by atoms with Gasteiger partial charge in [0.2, 0.25) is 0 Å². The van der Waals surface area contributed by atoms with Crippen molar-refractivity contribution in [3.8, 4) is 17.2 Å². The Morgan fingerprint density at radius 3 is 2.22 bits per heavy atom. The Balaban J connectivity index is 1.92. The van der Waals surface area contributed by atoms with Gasteiger partial charge in [0.1, 0.15) is 0 Å². The Morgan fingerprint density at radius 1 is 0.973 bits per heavy atom. The highest BCUT2D eigenvalue weighted by atomic mass is 19.4. The number of carbonyl (C=O) groups excluding carboxylic acids is 2. The van der Waals surface area contributed by atoms with E-state index in [-0.39, 0.29) is 12.2 Å². The van der Waals surface area contributed by atoms with Gasteiger partial charge in [-0.1, -0.05) is 42.5 Å². The Kier molecular flexibility index (Phi) is 6.77. The van der Waals surface area contributed by atoms with Crippen LogP contribution in [0.4, 0.5) is 28.4 Å². The molecule has 0 saturated heterocycles. The number of nitrogens with zero attached hydrogens (tertiary/aromatic N) is 4. The molecule has 1 aliphatic rings. The van der Waals surface area contributed by atoms with Gasteiger partial charge in [0.25, 0.3) is 0 Å². The molecule has 0 N–H and O–H groups in total. The first-order valence-corrected chi connectivity index (χ1v) is 11.3. The van der Waals surface area contributed by atoms with Crippen LogP contribution < -0.4 is 4.90 Å². The van der Waals surface area contributed by atoms with E-state index in [0.717, 1.165) is 33.1 Å². The van der Waals surface area contributed by atoms with Crippen molar-refractivity contribution in [1.29, 1.82) is 5.26 Å². The van der Waals surface area contributed by atoms with Crippen molar-refractivity contribution in [2.75, 3.05) is 25.5 Å². The molecule has 0 bridgehead atoms. The summed E-state index contributed by atoms with van der Waals surface area (Å²) >= 11 is 0. The maximum atomic E-state index is 13.5. The number of rotatable bonds is 3. The van der Waals surface area contributed by atoms with E-state index in [0.29, 0.717) is 22.4 Å². The molecule has 1 aliphatic heterocycles. The molecule has 6 nitrogen and oxygen atoms in total. The number of hydrogen-bond acceptors (Lipinski definition) is 3. The van der Waals surface area contributed by atoms with Crippen molar-refractivity contribution in [3.05, 3.63) is 95.2 Å². The summed E-state index contributed by atoms with van der Waals surface area (Å²) < 4.78 is 40.4. The molecule has 0 saturated carbocycles. The fraction of sp³-hybridized carbons (Fsp3) is 0.179. The van der Waals surface area contributed by atoms with Crippen LogP contribution in [-0.4, -0.2) is 42.5 Å². The number of nitriles is 1. The van der Waals surface area contributed by atoms with E-state index >= 15 is 0 Å². The molecule has 4 rings (SSSR count). The summed E-state index contributed by atoms with van der Waals surface area (Å²) in [5.74, 6) is 0. The van der Waals surface area contributed by atoms with E-state index < -0.39 is 23.8 Å². The highest BCUT2D eigenvalue weighted by Crippen LogP contribution is 2.38. The topological polar surface area (TPSA) is 67.6 Å². The summed E-state index contributed by atoms with van der Waals surface area (Å²) in [6.45, 7) is 1.59. The third-order valence-electron chi connectivity index (χ3n) is 6.13. The number of alkyl halides is 3. The third kappa shape index (κ3) is 4.91. The second-order valence-corrected chi connectivity index (χ2v) is 8.73. The maximum absolute atomic E-state index is 13.5. The maximum Gasteiger partial charge on any atom is 0.416 e. The standard InChI is InChI=1S/C28H23F3N4O2/c1-18-25(24-10-5-4-9-23(24)20-13-11-19(16-32)12-14-20)17-34(26(36)33(2)3)27(37)35(18)22-8-6-7-21(15-22)28(29,30)31/h4-15H,17H2,1-3H3. The monoisotopic (exact) mass is 504 g/mol. The Labute approximate surface area is 212 Å². The molecule has 1 heterocycles. The molecular weight excluding hydrogens is 481 g/mol. The van der Waals surface area contributed by atoms with E-state index in [9.17, 15) is 22.8 Å². The zero-order valence-corrected chi connectivity index (χ0v) is 20.4. The molecule has 0 atom stereocenters. The number of urea groups is 2. The minimum absolute atomic E-state index is 0.00179. The van der Waals surface area contributed by atoms with Crippen molar-refractivity contribution >= 4 is 23.3 Å². The smallest absolute Gasteiger partial charge is 0.330 e. The van der Waals surface area contributed by atoms with Crippen molar-refractivity contribution in [1.82, 2.24) is 9.80 Å². The van der Waals surface area contributed by atoms with Crippen molar-refractivity contribution in [3.63, 3.8) is 0 Å². The number of carbonyl (C=O) groups is 2. The molecule has 3 aromatic carbocycles. The third-order valence-corrected chi connectivity index (χ3v) is 6.13. The van der Waals surface area contributed by atoms with Gasteiger partial charge in [-0.15, -0.1) is 0 Å². The van der Waals surface area contributed by atoms with Gasteiger partial charge in [0, 0.05) is 19.8 Å². The van der Waals surface area contributed by atoms with Crippen LogP contribution in [0.25, 0.3) is 16.7 Å². The van der Waals surface area contributed by atoms with Crippen molar-refractivity contribution < 1.29 is 22.8 Å². The van der Waals surface area contributed by atoms with Gasteiger partial charge in [-0.3, -0.25) is 4.90 Å². The minimum atomic E-state index is -4.60. The molecule has 3 aromatic rings. The molecule has 0 radical (unpaired) electrons. The van der Waals surface area contributed by atoms with Crippen LogP contribution in [0.1, 0.15) is 23.6 Å². The molecule has 37 heavy (non-hydrogen) atoms. The van der Waals surface area contributed by atoms with E-state index in [2.05, 4.69) is 6.07 Å². The Hall–Kier alpha value is -4.58. The first kappa shape index (κ1) is 25.5. The van der Waals surface area contributed by atoms with Gasteiger partial charge in [0.05, 0.1) is 29.4 Å². The van der Waals surface area contributed by atoms with Crippen LogP contribution in [0.2, 0.25) is 0 Å². The molecule has 0 spiro atoms. The minimum Gasteiger partial charge on any atom is -0.330 e. The lowest BCUT2D eigenvalue weighted by molar-refractivity contribution is -0.137. The van der Waals surface area contributed by atoms with E-state index in [1.54, 1.807) is 31.2 Å². The second-order valence-electron chi connectivity index (χ2n) is 8.73. The number of allylic oxidation sites excluding steroid dienone is 1. The first-order valence-electron chi connectivity index (χ1n) is 11.3. The van der Waals surface area contributed by atoms with Crippen molar-refractivity contribution in [2.24, 2.45) is 0 Å². The van der Waals surface area contributed by atoms with Crippen LogP contribution in [0.5, 0.6) is 0 Å². The number of amides is 4. The summed E-state index contributed by atoms with van der Waals surface area (Å²) in [6, 6.07) is 19.6. The summed E-state index contributed by atoms with van der Waals surface area (Å²) in [5, 5.41) is 9.14. The average Bonchev–Trinajstić information content (AvgIpc) is 2.88. The van der Waals surface area contributed by atoms with Crippen LogP contribution in [0, 0.1) is 11.3 Å². The van der Waals surface area contributed by atoms with Gasteiger partial charge in [-0.05, 0) is 59.5 Å². The highest BCUT2D eigenvalue weighted by molar-refractivity contribution is 6.09. The fourth-order valence-electron chi connectivity index (χ4n) is 4.26.